The van der Waals surface area contributed by atoms with E-state index in [1.54, 1.807) is 4.90 Å². The van der Waals surface area contributed by atoms with Gasteiger partial charge in [-0.15, -0.1) is 0 Å². The molecule has 1 aliphatic heterocycles. The molecule has 4 nitrogen and oxygen atoms in total. The van der Waals surface area contributed by atoms with Gasteiger partial charge in [0, 0.05) is 25.2 Å². The number of carbonyl (C=O) groups is 2. The lowest BCUT2D eigenvalue weighted by molar-refractivity contribution is -0.142. The number of aryl methyl sites for hydroxylation is 2. The molecule has 4 heteroatoms. The van der Waals surface area contributed by atoms with E-state index in [1.807, 2.05) is 58.6 Å². The lowest BCUT2D eigenvalue weighted by Gasteiger charge is -2.40. The van der Waals surface area contributed by atoms with Gasteiger partial charge in [0.2, 0.25) is 11.8 Å². The first-order valence-electron chi connectivity index (χ1n) is 8.28. The van der Waals surface area contributed by atoms with E-state index in [4.69, 9.17) is 0 Å². The Kier molecular flexibility index (Phi) is 4.83. The van der Waals surface area contributed by atoms with E-state index in [0.29, 0.717) is 19.5 Å². The van der Waals surface area contributed by atoms with Crippen molar-refractivity contribution < 1.29 is 9.59 Å². The zero-order chi connectivity index (χ0) is 17.4. The second kappa shape index (κ2) is 6.34. The van der Waals surface area contributed by atoms with Crippen molar-refractivity contribution in [1.29, 1.82) is 0 Å². The molecule has 2 amide bonds. The SMILES string of the molecule is Cc1ccc(C)c(N2CCN(C(=O)CC(C)(C)C)C(C)C2=O)c1. The molecule has 1 aromatic rings. The highest BCUT2D eigenvalue weighted by Gasteiger charge is 2.36. The number of piperazine rings is 1. The Morgan fingerprint density at radius 3 is 2.48 bits per heavy atom. The van der Waals surface area contributed by atoms with Crippen molar-refractivity contribution in [3.8, 4) is 0 Å². The minimum atomic E-state index is -0.404. The van der Waals surface area contributed by atoms with E-state index in [9.17, 15) is 9.59 Å². The quantitative estimate of drug-likeness (QED) is 0.840. The van der Waals surface area contributed by atoms with Gasteiger partial charge >= 0.3 is 0 Å². The predicted octanol–water partition coefficient (Wildman–Crippen LogP) is 3.30. The fourth-order valence-corrected chi connectivity index (χ4v) is 3.02. The second-order valence-electron chi connectivity index (χ2n) is 7.78. The first-order valence-corrected chi connectivity index (χ1v) is 8.28. The summed E-state index contributed by atoms with van der Waals surface area (Å²) in [6.07, 6.45) is 0.466. The Morgan fingerprint density at radius 2 is 1.87 bits per heavy atom. The number of nitrogens with zero attached hydrogens (tertiary/aromatic N) is 2. The van der Waals surface area contributed by atoms with Crippen LogP contribution in [0.2, 0.25) is 0 Å². The molecule has 0 aliphatic carbocycles. The number of amides is 2. The molecule has 23 heavy (non-hydrogen) atoms. The van der Waals surface area contributed by atoms with Gasteiger partial charge in [0.1, 0.15) is 6.04 Å². The van der Waals surface area contributed by atoms with Crippen LogP contribution in [-0.2, 0) is 9.59 Å². The van der Waals surface area contributed by atoms with Crippen molar-refractivity contribution >= 4 is 17.5 Å². The summed E-state index contributed by atoms with van der Waals surface area (Å²) in [5, 5.41) is 0. The Morgan fingerprint density at radius 1 is 1.22 bits per heavy atom. The maximum Gasteiger partial charge on any atom is 0.249 e. The summed E-state index contributed by atoms with van der Waals surface area (Å²) in [5.74, 6) is 0.0752. The van der Waals surface area contributed by atoms with Crippen LogP contribution in [0.25, 0.3) is 0 Å². The van der Waals surface area contributed by atoms with E-state index in [1.165, 1.54) is 0 Å². The van der Waals surface area contributed by atoms with Crippen LogP contribution < -0.4 is 4.90 Å². The van der Waals surface area contributed by atoms with E-state index in [0.717, 1.165) is 16.8 Å². The van der Waals surface area contributed by atoms with Crippen molar-refractivity contribution in [2.24, 2.45) is 5.41 Å². The minimum Gasteiger partial charge on any atom is -0.329 e. The largest absolute Gasteiger partial charge is 0.329 e. The third-order valence-electron chi connectivity index (χ3n) is 4.31. The van der Waals surface area contributed by atoms with Gasteiger partial charge < -0.3 is 9.80 Å². The van der Waals surface area contributed by atoms with Crippen LogP contribution in [0, 0.1) is 19.3 Å². The predicted molar refractivity (Wildman–Crippen MR) is 93.5 cm³/mol. The molecule has 1 aliphatic rings. The lowest BCUT2D eigenvalue weighted by atomic mass is 9.91. The van der Waals surface area contributed by atoms with E-state index >= 15 is 0 Å². The first-order chi connectivity index (χ1) is 10.6. The average Bonchev–Trinajstić information content (AvgIpc) is 2.42. The molecule has 126 valence electrons. The number of hydrogen-bond acceptors (Lipinski definition) is 2. The molecule has 1 saturated heterocycles. The van der Waals surface area contributed by atoms with Crippen molar-refractivity contribution in [1.82, 2.24) is 4.90 Å². The molecule has 0 aromatic heterocycles. The van der Waals surface area contributed by atoms with Crippen LogP contribution in [0.3, 0.4) is 0 Å². The molecule has 0 spiro atoms. The molecule has 0 N–H and O–H groups in total. The summed E-state index contributed by atoms with van der Waals surface area (Å²) >= 11 is 0. The molecular weight excluding hydrogens is 288 g/mol. The molecule has 2 rings (SSSR count). The zero-order valence-electron chi connectivity index (χ0n) is 15.1. The molecule has 0 radical (unpaired) electrons. The summed E-state index contributed by atoms with van der Waals surface area (Å²) in [4.78, 5) is 28.8. The summed E-state index contributed by atoms with van der Waals surface area (Å²) < 4.78 is 0. The van der Waals surface area contributed by atoms with Crippen molar-refractivity contribution in [2.75, 3.05) is 18.0 Å². The van der Waals surface area contributed by atoms with Gasteiger partial charge in [-0.1, -0.05) is 32.9 Å². The van der Waals surface area contributed by atoms with Crippen LogP contribution in [0.1, 0.15) is 45.2 Å². The van der Waals surface area contributed by atoms with Gasteiger partial charge in [-0.25, -0.2) is 0 Å². The Bertz CT molecular complexity index is 616. The molecule has 1 heterocycles. The van der Waals surface area contributed by atoms with E-state index in [2.05, 4.69) is 6.07 Å². The Balaban J connectivity index is 2.18. The molecule has 1 fully saturated rings. The topological polar surface area (TPSA) is 40.6 Å². The normalized spacial score (nSPS) is 19.2. The maximum absolute atomic E-state index is 12.8. The van der Waals surface area contributed by atoms with Crippen molar-refractivity contribution in [3.05, 3.63) is 29.3 Å². The maximum atomic E-state index is 12.8. The number of hydrogen-bond donors (Lipinski definition) is 0. The van der Waals surface area contributed by atoms with Crippen LogP contribution in [-0.4, -0.2) is 35.8 Å². The number of benzene rings is 1. The van der Waals surface area contributed by atoms with Gasteiger partial charge in [0.05, 0.1) is 0 Å². The van der Waals surface area contributed by atoms with Crippen molar-refractivity contribution in [2.45, 2.75) is 54.0 Å². The highest BCUT2D eigenvalue weighted by atomic mass is 16.2. The van der Waals surface area contributed by atoms with Crippen molar-refractivity contribution in [3.63, 3.8) is 0 Å². The summed E-state index contributed by atoms with van der Waals surface area (Å²) in [6.45, 7) is 13.2. The molecule has 0 saturated carbocycles. The third kappa shape index (κ3) is 3.92. The molecular formula is C19H28N2O2. The van der Waals surface area contributed by atoms with E-state index < -0.39 is 6.04 Å². The number of anilines is 1. The van der Waals surface area contributed by atoms with Gasteiger partial charge in [-0.3, -0.25) is 9.59 Å². The summed E-state index contributed by atoms with van der Waals surface area (Å²) in [7, 11) is 0. The van der Waals surface area contributed by atoms with Gasteiger partial charge in [-0.2, -0.15) is 0 Å². The first kappa shape index (κ1) is 17.5. The summed E-state index contributed by atoms with van der Waals surface area (Å²) in [6, 6.07) is 5.74. The van der Waals surface area contributed by atoms with Crippen LogP contribution in [0.4, 0.5) is 5.69 Å². The third-order valence-corrected chi connectivity index (χ3v) is 4.31. The number of carbonyl (C=O) groups excluding carboxylic acids is 2. The fourth-order valence-electron chi connectivity index (χ4n) is 3.02. The molecule has 1 aromatic carbocycles. The fraction of sp³-hybridized carbons (Fsp3) is 0.579. The average molecular weight is 316 g/mol. The van der Waals surface area contributed by atoms with Gasteiger partial charge in [0.25, 0.3) is 0 Å². The Hall–Kier alpha value is -1.84. The van der Waals surface area contributed by atoms with Gasteiger partial charge in [-0.05, 0) is 43.4 Å². The number of rotatable bonds is 2. The van der Waals surface area contributed by atoms with Gasteiger partial charge in [0.15, 0.2) is 0 Å². The molecule has 0 bridgehead atoms. The minimum absolute atomic E-state index is 0.00668. The lowest BCUT2D eigenvalue weighted by Crippen LogP contribution is -2.58. The van der Waals surface area contributed by atoms with Crippen LogP contribution in [0.15, 0.2) is 18.2 Å². The highest BCUT2D eigenvalue weighted by Crippen LogP contribution is 2.27. The molecule has 1 unspecified atom stereocenters. The zero-order valence-corrected chi connectivity index (χ0v) is 15.1. The highest BCUT2D eigenvalue weighted by molar-refractivity contribution is 6.00. The standard InChI is InChI=1S/C19H28N2O2/c1-13-7-8-14(2)16(11-13)21-10-9-20(15(3)18(21)23)17(22)12-19(4,5)6/h7-8,11,15H,9-10,12H2,1-6H3. The second-order valence-corrected chi connectivity index (χ2v) is 7.78. The van der Waals surface area contributed by atoms with Crippen LogP contribution in [0.5, 0.6) is 0 Å². The smallest absolute Gasteiger partial charge is 0.249 e. The van der Waals surface area contributed by atoms with Crippen LogP contribution >= 0.6 is 0 Å². The van der Waals surface area contributed by atoms with E-state index in [-0.39, 0.29) is 17.2 Å². The summed E-state index contributed by atoms with van der Waals surface area (Å²) in [5.41, 5.74) is 3.12. The molecule has 1 atom stereocenters. The Labute approximate surface area is 139 Å². The monoisotopic (exact) mass is 316 g/mol.